The maximum atomic E-state index is 13.3. The average molecular weight is 475 g/mol. The van der Waals surface area contributed by atoms with Gasteiger partial charge in [-0.1, -0.05) is 63.6 Å². The van der Waals surface area contributed by atoms with Crippen LogP contribution in [0, 0.1) is 0 Å². The van der Waals surface area contributed by atoms with E-state index in [1.807, 2.05) is 54.6 Å². The minimum Gasteiger partial charge on any atom is -0.355 e. The van der Waals surface area contributed by atoms with Crippen molar-refractivity contribution in [2.24, 2.45) is 0 Å². The van der Waals surface area contributed by atoms with Crippen LogP contribution in [0.3, 0.4) is 0 Å². The predicted octanol–water partition coefficient (Wildman–Crippen LogP) is 3.93. The molecule has 1 saturated heterocycles. The second-order valence-corrected chi connectivity index (χ2v) is 10.2. The number of sulfone groups is 1. The molecule has 3 aromatic rings. The Balaban J connectivity index is 1.63. The highest BCUT2D eigenvalue weighted by molar-refractivity contribution is 9.10. The van der Waals surface area contributed by atoms with Crippen LogP contribution in [0.5, 0.6) is 0 Å². The quantitative estimate of drug-likeness (QED) is 0.559. The van der Waals surface area contributed by atoms with E-state index < -0.39 is 9.84 Å². The minimum atomic E-state index is -3.14. The Morgan fingerprint density at radius 2 is 1.93 bits per heavy atom. The van der Waals surface area contributed by atoms with Gasteiger partial charge in [0.05, 0.1) is 11.5 Å². The van der Waals surface area contributed by atoms with Gasteiger partial charge >= 0.3 is 0 Å². The van der Waals surface area contributed by atoms with Crippen molar-refractivity contribution < 1.29 is 17.7 Å². The molecule has 0 bridgehead atoms. The van der Waals surface area contributed by atoms with Crippen molar-refractivity contribution in [3.05, 3.63) is 76.4 Å². The number of nitrogens with zero attached hydrogens (tertiary/aromatic N) is 2. The summed E-state index contributed by atoms with van der Waals surface area (Å²) in [5.41, 5.74) is 1.90. The first kappa shape index (κ1) is 19.8. The first-order chi connectivity index (χ1) is 13.9. The zero-order valence-electron chi connectivity index (χ0n) is 15.5. The van der Waals surface area contributed by atoms with Crippen molar-refractivity contribution in [3.63, 3.8) is 0 Å². The molecule has 1 amide bonds. The molecule has 1 aliphatic heterocycles. The number of carbonyl (C=O) groups is 1. The zero-order chi connectivity index (χ0) is 20.4. The fourth-order valence-electron chi connectivity index (χ4n) is 3.48. The van der Waals surface area contributed by atoms with E-state index in [0.29, 0.717) is 18.7 Å². The smallest absolute Gasteiger partial charge is 0.276 e. The van der Waals surface area contributed by atoms with Crippen LogP contribution >= 0.6 is 15.9 Å². The van der Waals surface area contributed by atoms with Gasteiger partial charge in [0.15, 0.2) is 21.3 Å². The van der Waals surface area contributed by atoms with E-state index in [2.05, 4.69) is 21.1 Å². The Morgan fingerprint density at radius 1 is 1.14 bits per heavy atom. The number of hydrogen-bond donors (Lipinski definition) is 0. The largest absolute Gasteiger partial charge is 0.355 e. The molecule has 150 valence electrons. The standard InChI is InChI=1S/C21H19BrN2O4S/c22-17-8-4-5-15(11-17)13-24(18-9-10-29(26,27)14-18)21(25)19-12-20(28-23-19)16-6-2-1-3-7-16/h1-8,11-12,18H,9-10,13-14H2. The second kappa shape index (κ2) is 8.12. The third kappa shape index (κ3) is 4.59. The number of amides is 1. The number of carbonyl (C=O) groups excluding carboxylic acids is 1. The van der Waals surface area contributed by atoms with Crippen LogP contribution in [0.2, 0.25) is 0 Å². The van der Waals surface area contributed by atoms with E-state index in [9.17, 15) is 13.2 Å². The van der Waals surface area contributed by atoms with E-state index in [1.165, 1.54) is 0 Å². The molecule has 4 rings (SSSR count). The lowest BCUT2D eigenvalue weighted by molar-refractivity contribution is 0.0670. The molecule has 6 nitrogen and oxygen atoms in total. The van der Waals surface area contributed by atoms with Crippen molar-refractivity contribution >= 4 is 31.7 Å². The van der Waals surface area contributed by atoms with Gasteiger partial charge in [0, 0.05) is 28.7 Å². The van der Waals surface area contributed by atoms with Gasteiger partial charge in [-0.3, -0.25) is 4.79 Å². The van der Waals surface area contributed by atoms with Crippen LogP contribution in [0.1, 0.15) is 22.5 Å². The Morgan fingerprint density at radius 3 is 2.62 bits per heavy atom. The Bertz CT molecular complexity index is 1130. The van der Waals surface area contributed by atoms with Crippen molar-refractivity contribution in [2.75, 3.05) is 11.5 Å². The van der Waals surface area contributed by atoms with Crippen molar-refractivity contribution in [1.82, 2.24) is 10.1 Å². The summed E-state index contributed by atoms with van der Waals surface area (Å²) in [6, 6.07) is 18.2. The molecule has 0 aliphatic carbocycles. The van der Waals surface area contributed by atoms with Crippen LogP contribution in [0.15, 0.2) is 69.7 Å². The molecule has 1 fully saturated rings. The van der Waals surface area contributed by atoms with E-state index in [4.69, 9.17) is 4.52 Å². The summed E-state index contributed by atoms with van der Waals surface area (Å²) in [6.07, 6.45) is 0.422. The maximum absolute atomic E-state index is 13.3. The molecular formula is C21H19BrN2O4S. The van der Waals surface area contributed by atoms with Gasteiger partial charge in [-0.2, -0.15) is 0 Å². The molecule has 8 heteroatoms. The number of aromatic nitrogens is 1. The molecule has 1 aromatic heterocycles. The molecule has 1 aliphatic rings. The lowest BCUT2D eigenvalue weighted by Crippen LogP contribution is -2.40. The van der Waals surface area contributed by atoms with Crippen LogP contribution in [0.4, 0.5) is 0 Å². The number of benzene rings is 2. The van der Waals surface area contributed by atoms with Crippen LogP contribution in [-0.2, 0) is 16.4 Å². The van der Waals surface area contributed by atoms with Gasteiger partial charge in [0.2, 0.25) is 0 Å². The van der Waals surface area contributed by atoms with E-state index in [-0.39, 0.29) is 29.1 Å². The normalized spacial score (nSPS) is 17.9. The highest BCUT2D eigenvalue weighted by atomic mass is 79.9. The van der Waals surface area contributed by atoms with Gasteiger partial charge in [-0.05, 0) is 24.1 Å². The molecule has 0 saturated carbocycles. The third-order valence-corrected chi connectivity index (χ3v) is 7.18. The summed E-state index contributed by atoms with van der Waals surface area (Å²) in [5, 5.41) is 3.96. The first-order valence-corrected chi connectivity index (χ1v) is 11.8. The Kier molecular flexibility index (Phi) is 5.56. The third-order valence-electron chi connectivity index (χ3n) is 4.94. The first-order valence-electron chi connectivity index (χ1n) is 9.19. The monoisotopic (exact) mass is 474 g/mol. The highest BCUT2D eigenvalue weighted by Gasteiger charge is 2.36. The maximum Gasteiger partial charge on any atom is 0.276 e. The summed E-state index contributed by atoms with van der Waals surface area (Å²) >= 11 is 3.44. The molecule has 1 atom stereocenters. The van der Waals surface area contributed by atoms with Gasteiger partial charge in [-0.15, -0.1) is 0 Å². The fraction of sp³-hybridized carbons (Fsp3) is 0.238. The fourth-order valence-corrected chi connectivity index (χ4v) is 5.66. The van der Waals surface area contributed by atoms with Crippen molar-refractivity contribution in [3.8, 4) is 11.3 Å². The lowest BCUT2D eigenvalue weighted by Gasteiger charge is -2.27. The molecule has 2 heterocycles. The van der Waals surface area contributed by atoms with Crippen LogP contribution in [0.25, 0.3) is 11.3 Å². The average Bonchev–Trinajstić information content (AvgIpc) is 3.33. The van der Waals surface area contributed by atoms with Crippen molar-refractivity contribution in [1.29, 1.82) is 0 Å². The molecule has 2 aromatic carbocycles. The Labute approximate surface area is 177 Å². The summed E-state index contributed by atoms with van der Waals surface area (Å²) < 4.78 is 30.3. The number of rotatable bonds is 5. The highest BCUT2D eigenvalue weighted by Crippen LogP contribution is 2.25. The summed E-state index contributed by atoms with van der Waals surface area (Å²) in [6.45, 7) is 0.298. The van der Waals surface area contributed by atoms with E-state index in [0.717, 1.165) is 15.6 Å². The van der Waals surface area contributed by atoms with Gasteiger partial charge in [0.25, 0.3) is 5.91 Å². The van der Waals surface area contributed by atoms with E-state index >= 15 is 0 Å². The summed E-state index contributed by atoms with van der Waals surface area (Å²) in [7, 11) is -3.14. The lowest BCUT2D eigenvalue weighted by atomic mass is 10.1. The molecule has 0 N–H and O–H groups in total. The molecule has 29 heavy (non-hydrogen) atoms. The van der Waals surface area contributed by atoms with Crippen molar-refractivity contribution in [2.45, 2.75) is 19.0 Å². The summed E-state index contributed by atoms with van der Waals surface area (Å²) in [5.74, 6) is 0.220. The summed E-state index contributed by atoms with van der Waals surface area (Å²) in [4.78, 5) is 14.9. The van der Waals surface area contributed by atoms with Crippen LogP contribution < -0.4 is 0 Å². The molecular weight excluding hydrogens is 456 g/mol. The SMILES string of the molecule is O=C(c1cc(-c2ccccc2)on1)N(Cc1cccc(Br)c1)C1CCS(=O)(=O)C1. The molecule has 1 unspecified atom stereocenters. The minimum absolute atomic E-state index is 0.0316. The number of halogens is 1. The number of hydrogen-bond acceptors (Lipinski definition) is 5. The second-order valence-electron chi connectivity index (χ2n) is 7.06. The Hall–Kier alpha value is -2.45. The molecule has 0 spiro atoms. The topological polar surface area (TPSA) is 80.5 Å². The predicted molar refractivity (Wildman–Crippen MR) is 113 cm³/mol. The van der Waals surface area contributed by atoms with Gasteiger partial charge in [0.1, 0.15) is 0 Å². The van der Waals surface area contributed by atoms with Crippen LogP contribution in [-0.4, -0.2) is 41.9 Å². The van der Waals surface area contributed by atoms with Gasteiger partial charge in [-0.25, -0.2) is 8.42 Å². The van der Waals surface area contributed by atoms with Gasteiger partial charge < -0.3 is 9.42 Å². The van der Waals surface area contributed by atoms with E-state index in [1.54, 1.807) is 11.0 Å². The zero-order valence-corrected chi connectivity index (χ0v) is 17.9. The molecule has 0 radical (unpaired) electrons.